The number of esters is 1. The zero-order valence-electron chi connectivity index (χ0n) is 24.0. The van der Waals surface area contributed by atoms with Gasteiger partial charge in [-0.25, -0.2) is 8.42 Å². The highest BCUT2D eigenvalue weighted by Crippen LogP contribution is 2.44. The van der Waals surface area contributed by atoms with Crippen molar-refractivity contribution in [1.29, 1.82) is 0 Å². The molecule has 14 heteroatoms. The predicted octanol–water partition coefficient (Wildman–Crippen LogP) is 2.62. The van der Waals surface area contributed by atoms with Crippen LogP contribution in [0.2, 0.25) is 0 Å². The number of ketones is 2. The molecule has 3 atom stereocenters. The van der Waals surface area contributed by atoms with Crippen molar-refractivity contribution in [3.05, 3.63) is 53.6 Å². The Labute approximate surface area is 250 Å². The lowest BCUT2D eigenvalue weighted by Crippen LogP contribution is -2.58. The summed E-state index contributed by atoms with van der Waals surface area (Å²) in [5.41, 5.74) is -1.53. The first-order valence-electron chi connectivity index (χ1n) is 14.1. The van der Waals surface area contributed by atoms with Crippen molar-refractivity contribution in [1.82, 2.24) is 5.32 Å². The molecule has 1 unspecified atom stereocenters. The van der Waals surface area contributed by atoms with Crippen LogP contribution in [-0.4, -0.2) is 65.7 Å². The average Bonchev–Trinajstić information content (AvgIpc) is 3.43. The van der Waals surface area contributed by atoms with Crippen LogP contribution in [0.4, 0.5) is 11.4 Å². The SMILES string of the molecule is CC(C)CCOC(=O)[C@]1(C[C@H]2CCCN2)C(=O)C(C2=NS(=O)(=O)c3cc(NS(C)(=O)=O)ccc3N2)C(=O)c2ccccc21. The molecule has 0 saturated carbocycles. The maximum absolute atomic E-state index is 14.6. The molecule has 5 rings (SSSR count). The summed E-state index contributed by atoms with van der Waals surface area (Å²) in [6.45, 7) is 4.75. The molecule has 2 aromatic rings. The van der Waals surface area contributed by atoms with Gasteiger partial charge in [0.1, 0.15) is 16.6 Å². The fourth-order valence-electron chi connectivity index (χ4n) is 5.87. The second-order valence-electron chi connectivity index (χ2n) is 11.6. The number of Topliss-reactive ketones (excluding diaryl/α,β-unsaturated/α-hetero) is 2. The van der Waals surface area contributed by atoms with E-state index in [1.165, 1.54) is 18.2 Å². The molecule has 230 valence electrons. The minimum absolute atomic E-state index is 0.00348. The standard InChI is InChI=1S/C29H34N4O8S2/c1-17(2)12-14-41-28(36)29(16-19-7-6-13-30-19)21-9-5-4-8-20(21)25(34)24(26(29)35)27-31-22-11-10-18(32-42(3,37)38)15-23(22)43(39,40)33-27/h4-5,8-11,15,17,19,24,30,32H,6-7,12-14,16H2,1-3H3,(H,31,33)/t19-,24?,29+/m1/s1. The molecule has 12 nitrogen and oxygen atoms in total. The van der Waals surface area contributed by atoms with E-state index in [2.05, 4.69) is 19.8 Å². The quantitative estimate of drug-likeness (QED) is 0.276. The Balaban J connectivity index is 1.61. The van der Waals surface area contributed by atoms with Crippen molar-refractivity contribution in [3.8, 4) is 0 Å². The van der Waals surface area contributed by atoms with E-state index in [9.17, 15) is 31.2 Å². The lowest BCUT2D eigenvalue weighted by Gasteiger charge is -2.40. The van der Waals surface area contributed by atoms with Crippen LogP contribution in [0.25, 0.3) is 0 Å². The number of hydrogen-bond donors (Lipinski definition) is 3. The van der Waals surface area contributed by atoms with E-state index in [0.29, 0.717) is 19.4 Å². The molecule has 0 bridgehead atoms. The molecule has 3 N–H and O–H groups in total. The third-order valence-corrected chi connectivity index (χ3v) is 9.84. The van der Waals surface area contributed by atoms with Gasteiger partial charge in [-0.15, -0.1) is 4.40 Å². The third kappa shape index (κ3) is 5.95. The number of carbonyl (C=O) groups excluding carboxylic acids is 3. The number of nitrogens with one attached hydrogen (secondary N) is 3. The van der Waals surface area contributed by atoms with E-state index >= 15 is 0 Å². The van der Waals surface area contributed by atoms with E-state index in [1.807, 2.05) is 13.8 Å². The zero-order valence-corrected chi connectivity index (χ0v) is 25.7. The molecule has 1 aliphatic carbocycles. The molecule has 3 aliphatic rings. The maximum atomic E-state index is 14.6. The third-order valence-electron chi connectivity index (χ3n) is 7.91. The van der Waals surface area contributed by atoms with Crippen molar-refractivity contribution < 1.29 is 36.0 Å². The van der Waals surface area contributed by atoms with E-state index in [-0.39, 0.29) is 52.4 Å². The normalized spacial score (nSPS) is 24.5. The number of ether oxygens (including phenoxy) is 1. The number of nitrogens with zero attached hydrogens (tertiary/aromatic N) is 1. The first-order chi connectivity index (χ1) is 20.2. The molecule has 2 aliphatic heterocycles. The topological polar surface area (TPSA) is 177 Å². The lowest BCUT2D eigenvalue weighted by molar-refractivity contribution is -0.156. The molecular formula is C29H34N4O8S2. The van der Waals surface area contributed by atoms with Gasteiger partial charge in [0.05, 0.1) is 18.6 Å². The zero-order chi connectivity index (χ0) is 31.2. The van der Waals surface area contributed by atoms with Crippen LogP contribution >= 0.6 is 0 Å². The largest absolute Gasteiger partial charge is 0.465 e. The molecule has 0 amide bonds. The molecule has 2 heterocycles. The summed E-state index contributed by atoms with van der Waals surface area (Å²) in [4.78, 5) is 42.3. The molecule has 1 saturated heterocycles. The van der Waals surface area contributed by atoms with Crippen molar-refractivity contribution >= 4 is 54.8 Å². The minimum atomic E-state index is -4.49. The first kappa shape index (κ1) is 30.8. The summed E-state index contributed by atoms with van der Waals surface area (Å²) in [5, 5.41) is 6.14. The van der Waals surface area contributed by atoms with Crippen molar-refractivity contribution in [3.63, 3.8) is 0 Å². The summed E-state index contributed by atoms with van der Waals surface area (Å²) in [6.07, 6.45) is 3.08. The summed E-state index contributed by atoms with van der Waals surface area (Å²) in [5.74, 6) is -4.20. The number of hydrogen-bond acceptors (Lipinski definition) is 10. The second kappa shape index (κ2) is 11.5. The molecular weight excluding hydrogens is 596 g/mol. The summed E-state index contributed by atoms with van der Waals surface area (Å²) in [7, 11) is -8.18. The molecule has 0 spiro atoms. The van der Waals surface area contributed by atoms with Crippen LogP contribution in [0.5, 0.6) is 0 Å². The van der Waals surface area contributed by atoms with Gasteiger partial charge in [0, 0.05) is 17.3 Å². The molecule has 2 aromatic carbocycles. The maximum Gasteiger partial charge on any atom is 0.324 e. The van der Waals surface area contributed by atoms with Crippen LogP contribution in [0.3, 0.4) is 0 Å². The van der Waals surface area contributed by atoms with E-state index in [0.717, 1.165) is 18.7 Å². The van der Waals surface area contributed by atoms with Crippen molar-refractivity contribution in [2.75, 3.05) is 29.4 Å². The molecule has 0 aromatic heterocycles. The predicted molar refractivity (Wildman–Crippen MR) is 160 cm³/mol. The van der Waals surface area contributed by atoms with Gasteiger partial charge >= 0.3 is 5.97 Å². The summed E-state index contributed by atoms with van der Waals surface area (Å²) >= 11 is 0. The summed E-state index contributed by atoms with van der Waals surface area (Å²) in [6, 6.07) is 9.91. The number of sulfonamides is 2. The van der Waals surface area contributed by atoms with Crippen LogP contribution in [0, 0.1) is 11.8 Å². The summed E-state index contributed by atoms with van der Waals surface area (Å²) < 4.78 is 61.8. The van der Waals surface area contributed by atoms with E-state index in [4.69, 9.17) is 4.74 Å². The number of fused-ring (bicyclic) bond motifs is 2. The second-order valence-corrected chi connectivity index (χ2v) is 14.9. The Morgan fingerprint density at radius 1 is 1.19 bits per heavy atom. The monoisotopic (exact) mass is 630 g/mol. The fourth-order valence-corrected chi connectivity index (χ4v) is 7.60. The van der Waals surface area contributed by atoms with Crippen LogP contribution in [0.1, 0.15) is 55.5 Å². The Kier molecular flexibility index (Phi) is 8.22. The first-order valence-corrected chi connectivity index (χ1v) is 17.4. The number of benzene rings is 2. The highest BCUT2D eigenvalue weighted by molar-refractivity contribution is 7.92. The number of rotatable bonds is 9. The minimum Gasteiger partial charge on any atom is -0.465 e. The van der Waals surface area contributed by atoms with Gasteiger partial charge < -0.3 is 15.4 Å². The number of anilines is 2. The number of carbonyl (C=O) groups is 3. The molecule has 1 fully saturated rings. The average molecular weight is 631 g/mol. The van der Waals surface area contributed by atoms with Crippen LogP contribution < -0.4 is 15.4 Å². The Hall–Kier alpha value is -3.62. The van der Waals surface area contributed by atoms with Gasteiger partial charge in [0.2, 0.25) is 10.0 Å². The molecule has 43 heavy (non-hydrogen) atoms. The Morgan fingerprint density at radius 2 is 1.93 bits per heavy atom. The van der Waals surface area contributed by atoms with E-state index < -0.39 is 54.8 Å². The van der Waals surface area contributed by atoms with Crippen molar-refractivity contribution in [2.45, 2.75) is 55.9 Å². The van der Waals surface area contributed by atoms with E-state index in [1.54, 1.807) is 18.2 Å². The van der Waals surface area contributed by atoms with Gasteiger partial charge in [-0.05, 0) is 61.9 Å². The van der Waals surface area contributed by atoms with Gasteiger partial charge in [0.15, 0.2) is 17.0 Å². The Morgan fingerprint density at radius 3 is 2.60 bits per heavy atom. The number of amidine groups is 1. The molecule has 0 radical (unpaired) electrons. The van der Waals surface area contributed by atoms with Gasteiger partial charge in [-0.1, -0.05) is 38.1 Å². The smallest absolute Gasteiger partial charge is 0.324 e. The Bertz CT molecular complexity index is 1730. The van der Waals surface area contributed by atoms with Crippen molar-refractivity contribution in [2.24, 2.45) is 16.2 Å². The highest BCUT2D eigenvalue weighted by atomic mass is 32.2. The van der Waals surface area contributed by atoms with Gasteiger partial charge in [-0.2, -0.15) is 8.42 Å². The lowest BCUT2D eigenvalue weighted by atomic mass is 9.61. The van der Waals surface area contributed by atoms with Crippen LogP contribution in [0.15, 0.2) is 51.8 Å². The highest BCUT2D eigenvalue weighted by Gasteiger charge is 2.60. The van der Waals surface area contributed by atoms with Gasteiger partial charge in [-0.3, -0.25) is 19.1 Å². The van der Waals surface area contributed by atoms with Gasteiger partial charge in [0.25, 0.3) is 10.0 Å². The fraction of sp³-hybridized carbons (Fsp3) is 0.448. The van der Waals surface area contributed by atoms with Crippen LogP contribution in [-0.2, 0) is 39.8 Å².